The molecular formula is C8H9IN3O-. The van der Waals surface area contributed by atoms with E-state index in [9.17, 15) is 0 Å². The molecule has 70 valence electrons. The molecule has 0 aliphatic rings. The van der Waals surface area contributed by atoms with Crippen LogP contribution in [0.5, 0.6) is 5.88 Å². The first-order valence-electron chi connectivity index (χ1n) is 3.79. The first-order chi connectivity index (χ1) is 6.33. The summed E-state index contributed by atoms with van der Waals surface area (Å²) in [5.74, 6) is 0.707. The summed E-state index contributed by atoms with van der Waals surface area (Å²) in [6.45, 7) is 1.97. The van der Waals surface area contributed by atoms with Gasteiger partial charge in [-0.2, -0.15) is 0 Å². The van der Waals surface area contributed by atoms with E-state index in [1.54, 1.807) is 6.20 Å². The van der Waals surface area contributed by atoms with Crippen molar-refractivity contribution in [3.63, 3.8) is 0 Å². The number of hydrogen-bond acceptors (Lipinski definition) is 3. The van der Waals surface area contributed by atoms with Crippen molar-refractivity contribution in [1.82, 2.24) is 15.2 Å². The van der Waals surface area contributed by atoms with Crippen LogP contribution in [0.25, 0.3) is 10.9 Å². The van der Waals surface area contributed by atoms with Crippen LogP contribution in [-0.2, 0) is 0 Å². The van der Waals surface area contributed by atoms with Crippen LogP contribution in [-0.4, -0.2) is 20.1 Å². The number of pyridine rings is 1. The fraction of sp³-hybridized carbons (Fsp3) is 0.250. The van der Waals surface area contributed by atoms with Crippen LogP contribution in [0, 0.1) is 6.92 Å². The fourth-order valence-electron chi connectivity index (χ4n) is 1.21. The van der Waals surface area contributed by atoms with Gasteiger partial charge in [-0.1, -0.05) is 0 Å². The van der Waals surface area contributed by atoms with E-state index in [4.69, 9.17) is 3.07 Å². The molecule has 4 nitrogen and oxygen atoms in total. The maximum absolute atomic E-state index is 5.50. The van der Waals surface area contributed by atoms with E-state index in [2.05, 4.69) is 20.1 Å². The number of alkyl halides is 1. The Labute approximate surface area is 86.5 Å². The monoisotopic (exact) mass is 290 g/mol. The first-order valence-corrected chi connectivity index (χ1v) is 6.83. The minimum atomic E-state index is -0.244. The van der Waals surface area contributed by atoms with E-state index >= 15 is 0 Å². The summed E-state index contributed by atoms with van der Waals surface area (Å²) in [5.41, 5.74) is 1.93. The molecule has 0 amide bonds. The fourth-order valence-corrected chi connectivity index (χ4v) is 1.96. The molecule has 1 N–H and O–H groups in total. The third-order valence-corrected chi connectivity index (χ3v) is 2.62. The summed E-state index contributed by atoms with van der Waals surface area (Å²) in [6.07, 6.45) is 1.72. The molecule has 0 unspecified atom stereocenters. The number of aromatic amines is 1. The van der Waals surface area contributed by atoms with Crippen LogP contribution >= 0.6 is 0 Å². The Hall–Kier alpha value is -0.850. The summed E-state index contributed by atoms with van der Waals surface area (Å²) in [5, 5.41) is 8.05. The second-order valence-electron chi connectivity index (χ2n) is 2.59. The van der Waals surface area contributed by atoms with Crippen molar-refractivity contribution in [3.05, 3.63) is 18.0 Å². The molecule has 2 aromatic rings. The SMILES string of the molecule is C[I-]Oc1nccc2n[nH]c(C)c12. The molecule has 13 heavy (non-hydrogen) atoms. The van der Waals surface area contributed by atoms with Crippen molar-refractivity contribution in [2.24, 2.45) is 0 Å². The molecule has 0 radical (unpaired) electrons. The number of fused-ring (bicyclic) bond motifs is 1. The number of aryl methyl sites for hydroxylation is 1. The van der Waals surface area contributed by atoms with Gasteiger partial charge in [0.1, 0.15) is 0 Å². The topological polar surface area (TPSA) is 50.8 Å². The number of aromatic nitrogens is 3. The number of H-pyrrole nitrogens is 1. The van der Waals surface area contributed by atoms with Gasteiger partial charge in [0.05, 0.1) is 0 Å². The van der Waals surface area contributed by atoms with Crippen molar-refractivity contribution >= 4 is 10.9 Å². The Balaban J connectivity index is 2.65. The standard InChI is InChI=1S/C8H9IN3O/c1-5-7-6(12-11-5)3-4-10-8(7)13-9-2/h3-4H,1-2H3,(H,11,12)/q-1. The normalized spacial score (nSPS) is 10.9. The van der Waals surface area contributed by atoms with Gasteiger partial charge in [0, 0.05) is 0 Å². The average molecular weight is 290 g/mol. The van der Waals surface area contributed by atoms with Gasteiger partial charge in [-0.3, -0.25) is 0 Å². The quantitative estimate of drug-likeness (QED) is 0.529. The average Bonchev–Trinajstić information content (AvgIpc) is 2.50. The predicted molar refractivity (Wildman–Crippen MR) is 45.2 cm³/mol. The zero-order chi connectivity index (χ0) is 9.26. The molecule has 2 aromatic heterocycles. The van der Waals surface area contributed by atoms with Gasteiger partial charge in [0.25, 0.3) is 0 Å². The van der Waals surface area contributed by atoms with E-state index in [0.29, 0.717) is 5.88 Å². The number of rotatable bonds is 2. The van der Waals surface area contributed by atoms with Crippen LogP contribution < -0.4 is 24.7 Å². The van der Waals surface area contributed by atoms with Crippen LogP contribution in [0.15, 0.2) is 12.3 Å². The van der Waals surface area contributed by atoms with E-state index in [0.717, 1.165) is 16.6 Å². The van der Waals surface area contributed by atoms with Crippen molar-refractivity contribution in [2.75, 3.05) is 4.93 Å². The van der Waals surface area contributed by atoms with Gasteiger partial charge in [-0.25, -0.2) is 0 Å². The summed E-state index contributed by atoms with van der Waals surface area (Å²) >= 11 is -0.244. The molecule has 0 atom stereocenters. The van der Waals surface area contributed by atoms with Crippen LogP contribution in [0.1, 0.15) is 5.69 Å². The number of nitrogens with zero attached hydrogens (tertiary/aromatic N) is 2. The summed E-state index contributed by atoms with van der Waals surface area (Å²) in [7, 11) is 0. The maximum atomic E-state index is 5.50. The third kappa shape index (κ3) is 1.48. The Morgan fingerprint density at radius 1 is 1.54 bits per heavy atom. The number of halogens is 1. The van der Waals surface area contributed by atoms with Crippen molar-refractivity contribution < 1.29 is 24.7 Å². The van der Waals surface area contributed by atoms with E-state index < -0.39 is 0 Å². The molecule has 0 aromatic carbocycles. The molecule has 0 fully saturated rings. The van der Waals surface area contributed by atoms with E-state index in [-0.39, 0.29) is 21.6 Å². The van der Waals surface area contributed by atoms with Crippen molar-refractivity contribution in [1.29, 1.82) is 0 Å². The molecule has 5 heteroatoms. The van der Waals surface area contributed by atoms with Crippen LogP contribution in [0.2, 0.25) is 0 Å². The molecular weight excluding hydrogens is 281 g/mol. The Kier molecular flexibility index (Phi) is 2.34. The Bertz CT molecular complexity index is 426. The molecule has 2 rings (SSSR count). The van der Waals surface area contributed by atoms with Crippen LogP contribution in [0.4, 0.5) is 0 Å². The Morgan fingerprint density at radius 2 is 2.38 bits per heavy atom. The molecule has 0 aliphatic heterocycles. The van der Waals surface area contributed by atoms with Gasteiger partial charge in [-0.15, -0.1) is 0 Å². The molecule has 0 spiro atoms. The first kappa shape index (κ1) is 8.74. The zero-order valence-corrected chi connectivity index (χ0v) is 9.49. The van der Waals surface area contributed by atoms with E-state index in [1.807, 2.05) is 13.0 Å². The zero-order valence-electron chi connectivity index (χ0n) is 7.34. The van der Waals surface area contributed by atoms with Gasteiger partial charge in [0.2, 0.25) is 0 Å². The summed E-state index contributed by atoms with van der Waals surface area (Å²) in [4.78, 5) is 6.23. The number of hydrogen-bond donors (Lipinski definition) is 1. The molecule has 0 bridgehead atoms. The molecule has 0 saturated heterocycles. The van der Waals surface area contributed by atoms with Gasteiger partial charge >= 0.3 is 86.5 Å². The summed E-state index contributed by atoms with van der Waals surface area (Å²) < 4.78 is 5.50. The number of nitrogens with one attached hydrogen (secondary N) is 1. The molecule has 2 heterocycles. The summed E-state index contributed by atoms with van der Waals surface area (Å²) in [6, 6.07) is 1.87. The predicted octanol–water partition coefficient (Wildman–Crippen LogP) is -1.72. The van der Waals surface area contributed by atoms with E-state index in [1.165, 1.54) is 0 Å². The van der Waals surface area contributed by atoms with Crippen molar-refractivity contribution in [2.45, 2.75) is 6.92 Å². The molecule has 0 aliphatic carbocycles. The van der Waals surface area contributed by atoms with Crippen LogP contribution in [0.3, 0.4) is 0 Å². The van der Waals surface area contributed by atoms with Crippen molar-refractivity contribution in [3.8, 4) is 5.88 Å². The van der Waals surface area contributed by atoms with Gasteiger partial charge < -0.3 is 0 Å². The molecule has 0 saturated carbocycles. The third-order valence-electron chi connectivity index (χ3n) is 1.76. The van der Waals surface area contributed by atoms with Gasteiger partial charge in [-0.05, 0) is 0 Å². The minimum absolute atomic E-state index is 0.244. The second-order valence-corrected chi connectivity index (χ2v) is 3.91. The Morgan fingerprint density at radius 3 is 3.15 bits per heavy atom. The van der Waals surface area contributed by atoms with Gasteiger partial charge in [0.15, 0.2) is 0 Å². The second kappa shape index (κ2) is 3.49.